The quantitative estimate of drug-likeness (QED) is 0.106. The van der Waals surface area contributed by atoms with Gasteiger partial charge in [-0.1, -0.05) is 36.4 Å². The van der Waals surface area contributed by atoms with Crippen molar-refractivity contribution in [2.45, 2.75) is 36.1 Å². The minimum Gasteiger partial charge on any atom is -0.497 e. The van der Waals surface area contributed by atoms with Crippen molar-refractivity contribution in [1.82, 2.24) is 0 Å². The monoisotopic (exact) mass is 678 g/mol. The lowest BCUT2D eigenvalue weighted by Crippen LogP contribution is -2.40. The van der Waals surface area contributed by atoms with Crippen LogP contribution in [0.4, 0.5) is 13.2 Å². The van der Waals surface area contributed by atoms with Crippen molar-refractivity contribution in [2.24, 2.45) is 0 Å². The molecule has 46 heavy (non-hydrogen) atoms. The Bertz CT molecular complexity index is 1970. The molecule has 0 amide bonds. The fraction of sp³-hybridized carbons (Fsp3) is 0.219. The van der Waals surface area contributed by atoms with Gasteiger partial charge in [-0.05, 0) is 79.1 Å². The van der Waals surface area contributed by atoms with Crippen LogP contribution in [-0.4, -0.2) is 47.6 Å². The molecule has 14 heteroatoms. The Kier molecular flexibility index (Phi) is 9.69. The topological polar surface area (TPSA) is 133 Å². The van der Waals surface area contributed by atoms with Crippen LogP contribution in [0.2, 0.25) is 0 Å². The second kappa shape index (κ2) is 12.9. The second-order valence-corrected chi connectivity index (χ2v) is 13.6. The maximum Gasteiger partial charge on any atom is 0.402 e. The van der Waals surface area contributed by atoms with Crippen LogP contribution in [0, 0.1) is 6.92 Å². The zero-order chi connectivity index (χ0) is 34.1. The van der Waals surface area contributed by atoms with Gasteiger partial charge in [0.2, 0.25) is 0 Å². The summed E-state index contributed by atoms with van der Waals surface area (Å²) in [7, 11) is -6.38. The Morgan fingerprint density at radius 2 is 1.30 bits per heavy atom. The van der Waals surface area contributed by atoms with Crippen molar-refractivity contribution < 1.29 is 53.0 Å². The predicted molar refractivity (Wildman–Crippen MR) is 163 cm³/mol. The molecular weight excluding hydrogens is 649 g/mol. The van der Waals surface area contributed by atoms with Gasteiger partial charge in [0.25, 0.3) is 20.2 Å². The molecular formula is C32H29F3O9S2. The zero-order valence-electron chi connectivity index (χ0n) is 25.0. The molecule has 0 saturated heterocycles. The van der Waals surface area contributed by atoms with Crippen molar-refractivity contribution >= 4 is 26.0 Å². The number of hydrogen-bond acceptors (Lipinski definition) is 8. The summed E-state index contributed by atoms with van der Waals surface area (Å²) in [5, 5.41) is 0. The van der Waals surface area contributed by atoms with Crippen molar-refractivity contribution in [1.29, 1.82) is 0 Å². The van der Waals surface area contributed by atoms with Gasteiger partial charge < -0.3 is 9.47 Å². The third-order valence-electron chi connectivity index (χ3n) is 7.49. The average molecular weight is 679 g/mol. The molecule has 1 N–H and O–H groups in total. The van der Waals surface area contributed by atoms with Crippen molar-refractivity contribution in [3.63, 3.8) is 0 Å². The first-order valence-electron chi connectivity index (χ1n) is 13.4. The standard InChI is InChI=1S/C32H29F3O9S2/c1-20-5-6-22(18-29(20)46(40,41)43-4)30(36)21-7-16-28(23(17-21)19-45(37,38)39)44-27-14-10-25(11-15-27)31(2,32(33,34)35)24-8-12-26(42-3)13-9-24/h5-18H,19H2,1-4H3,(H,37,38,39). The Morgan fingerprint density at radius 1 is 0.783 bits per heavy atom. The molecule has 0 heterocycles. The molecule has 0 aliphatic heterocycles. The number of hydrogen-bond donors (Lipinski definition) is 1. The molecule has 1 atom stereocenters. The lowest BCUT2D eigenvalue weighted by Gasteiger charge is -2.33. The van der Waals surface area contributed by atoms with Gasteiger partial charge in [-0.25, -0.2) is 0 Å². The van der Waals surface area contributed by atoms with E-state index in [9.17, 15) is 39.4 Å². The maximum atomic E-state index is 14.5. The second-order valence-electron chi connectivity index (χ2n) is 10.5. The van der Waals surface area contributed by atoms with Crippen LogP contribution in [0.5, 0.6) is 17.2 Å². The average Bonchev–Trinajstić information content (AvgIpc) is 3.00. The summed E-state index contributed by atoms with van der Waals surface area (Å²) >= 11 is 0. The summed E-state index contributed by atoms with van der Waals surface area (Å²) in [6, 6.07) is 18.2. The fourth-order valence-electron chi connectivity index (χ4n) is 4.80. The first kappa shape index (κ1) is 34.6. The highest BCUT2D eigenvalue weighted by atomic mass is 32.2. The molecule has 4 aromatic carbocycles. The minimum atomic E-state index is -4.68. The molecule has 4 rings (SSSR count). The van der Waals surface area contributed by atoms with Gasteiger partial charge in [0, 0.05) is 16.7 Å². The molecule has 9 nitrogen and oxygen atoms in total. The van der Waals surface area contributed by atoms with Crippen LogP contribution < -0.4 is 9.47 Å². The number of ether oxygens (including phenoxy) is 2. The third kappa shape index (κ3) is 7.25. The van der Waals surface area contributed by atoms with Gasteiger partial charge >= 0.3 is 6.18 Å². The Morgan fingerprint density at radius 3 is 1.80 bits per heavy atom. The van der Waals surface area contributed by atoms with Crippen LogP contribution in [0.25, 0.3) is 0 Å². The van der Waals surface area contributed by atoms with Gasteiger partial charge in [-0.15, -0.1) is 0 Å². The minimum absolute atomic E-state index is 0.0225. The fourth-order valence-corrected chi connectivity index (χ4v) is 6.33. The Hall–Kier alpha value is -4.24. The zero-order valence-corrected chi connectivity index (χ0v) is 26.6. The van der Waals surface area contributed by atoms with Gasteiger partial charge in [-0.2, -0.15) is 30.0 Å². The van der Waals surface area contributed by atoms with Crippen LogP contribution in [0.1, 0.15) is 45.1 Å². The molecule has 244 valence electrons. The molecule has 0 spiro atoms. The maximum absolute atomic E-state index is 14.5. The molecule has 0 aliphatic rings. The van der Waals surface area contributed by atoms with Gasteiger partial charge in [-0.3, -0.25) is 13.5 Å². The van der Waals surface area contributed by atoms with E-state index in [4.69, 9.17) is 9.47 Å². The van der Waals surface area contributed by atoms with Crippen LogP contribution in [0.3, 0.4) is 0 Å². The molecule has 4 aromatic rings. The molecule has 0 aromatic heterocycles. The number of ketones is 1. The van der Waals surface area contributed by atoms with Crippen molar-refractivity contribution in [3.8, 4) is 17.2 Å². The Labute approximate surface area is 264 Å². The Balaban J connectivity index is 1.69. The number of carbonyl (C=O) groups is 1. The van der Waals surface area contributed by atoms with E-state index in [0.717, 1.165) is 26.2 Å². The largest absolute Gasteiger partial charge is 0.497 e. The SMILES string of the molecule is COc1ccc(C(C)(c2ccc(Oc3ccc(C(=O)c4ccc(C)c(S(=O)(=O)OC)c4)cc3CS(=O)(=O)O)cc2)C(F)(F)F)cc1. The normalized spacial score (nSPS) is 13.6. The summed E-state index contributed by atoms with van der Waals surface area (Å²) in [4.78, 5) is 13.1. The highest BCUT2D eigenvalue weighted by molar-refractivity contribution is 7.86. The first-order chi connectivity index (χ1) is 21.4. The van der Waals surface area contributed by atoms with E-state index in [2.05, 4.69) is 4.18 Å². The smallest absolute Gasteiger partial charge is 0.402 e. The number of aryl methyl sites for hydroxylation is 1. The number of alkyl halides is 3. The molecule has 1 unspecified atom stereocenters. The first-order valence-corrected chi connectivity index (χ1v) is 16.4. The highest BCUT2D eigenvalue weighted by Crippen LogP contribution is 2.47. The van der Waals surface area contributed by atoms with Gasteiger partial charge in [0.15, 0.2) is 5.78 Å². The van der Waals surface area contributed by atoms with E-state index < -0.39 is 43.4 Å². The van der Waals surface area contributed by atoms with E-state index >= 15 is 0 Å². The number of methoxy groups -OCH3 is 1. The van der Waals surface area contributed by atoms with Crippen LogP contribution >= 0.6 is 0 Å². The van der Waals surface area contributed by atoms with E-state index in [1.807, 2.05) is 0 Å². The van der Waals surface area contributed by atoms with Crippen LogP contribution in [-0.2, 0) is 35.6 Å². The summed E-state index contributed by atoms with van der Waals surface area (Å²) in [5.41, 5.74) is -2.39. The highest BCUT2D eigenvalue weighted by Gasteiger charge is 2.53. The van der Waals surface area contributed by atoms with Crippen molar-refractivity contribution in [2.75, 3.05) is 14.2 Å². The van der Waals surface area contributed by atoms with E-state index in [-0.39, 0.29) is 44.2 Å². The van der Waals surface area contributed by atoms with E-state index in [1.165, 1.54) is 86.8 Å². The lowest BCUT2D eigenvalue weighted by molar-refractivity contribution is -0.173. The molecule has 0 saturated carbocycles. The van der Waals surface area contributed by atoms with E-state index in [0.29, 0.717) is 11.3 Å². The third-order valence-corrected chi connectivity index (χ3v) is 9.59. The summed E-state index contributed by atoms with van der Waals surface area (Å²) in [5.74, 6) is -1.27. The lowest BCUT2D eigenvalue weighted by atomic mass is 9.75. The molecule has 0 bridgehead atoms. The summed E-state index contributed by atoms with van der Waals surface area (Å²) in [6.07, 6.45) is -4.68. The molecule has 0 aliphatic carbocycles. The summed E-state index contributed by atoms with van der Waals surface area (Å²) in [6.45, 7) is 2.57. The molecule has 0 radical (unpaired) electrons. The number of halogens is 3. The van der Waals surface area contributed by atoms with Crippen LogP contribution in [0.15, 0.2) is 89.8 Å². The number of rotatable bonds is 11. The van der Waals surface area contributed by atoms with Crippen molar-refractivity contribution in [3.05, 3.63) is 118 Å². The molecule has 0 fully saturated rings. The predicted octanol–water partition coefficient (Wildman–Crippen LogP) is 6.62. The number of benzene rings is 4. The number of carbonyl (C=O) groups excluding carboxylic acids is 1. The van der Waals surface area contributed by atoms with Gasteiger partial charge in [0.1, 0.15) is 28.4 Å². The van der Waals surface area contributed by atoms with Gasteiger partial charge in [0.05, 0.1) is 19.1 Å². The summed E-state index contributed by atoms with van der Waals surface area (Å²) < 4.78 is 117. The van der Waals surface area contributed by atoms with E-state index in [1.54, 1.807) is 0 Å².